The molecule has 0 aliphatic rings. The summed E-state index contributed by atoms with van der Waals surface area (Å²) in [7, 11) is 1.47. The molecule has 0 radical (unpaired) electrons. The highest BCUT2D eigenvalue weighted by molar-refractivity contribution is 6.15. The quantitative estimate of drug-likeness (QED) is 0.452. The van der Waals surface area contributed by atoms with E-state index in [4.69, 9.17) is 21.1 Å². The van der Waals surface area contributed by atoms with Gasteiger partial charge in [0.1, 0.15) is 6.07 Å². The van der Waals surface area contributed by atoms with Crippen molar-refractivity contribution in [2.75, 3.05) is 18.2 Å². The Balaban J connectivity index is 1.90. The first kappa shape index (κ1) is 19.4. The zero-order chi connectivity index (χ0) is 21.0. The summed E-state index contributed by atoms with van der Waals surface area (Å²) in [6.07, 6.45) is 2.68. The van der Waals surface area contributed by atoms with E-state index in [2.05, 4.69) is 15.3 Å². The molecule has 0 saturated heterocycles. The van der Waals surface area contributed by atoms with E-state index in [0.717, 1.165) is 0 Å². The highest BCUT2D eigenvalue weighted by Crippen LogP contribution is 2.23. The lowest BCUT2D eigenvalue weighted by molar-refractivity contribution is 0.102. The molecule has 0 spiro atoms. The van der Waals surface area contributed by atoms with E-state index in [9.17, 15) is 9.18 Å². The molecule has 3 rings (SSSR count). The number of carbonyl (C=O) groups is 1. The van der Waals surface area contributed by atoms with Crippen LogP contribution in [0.5, 0.6) is 5.88 Å². The van der Waals surface area contributed by atoms with Crippen molar-refractivity contribution in [1.29, 1.82) is 10.7 Å². The van der Waals surface area contributed by atoms with Crippen molar-refractivity contribution in [2.45, 2.75) is 0 Å². The average Bonchev–Trinajstić information content (AvgIpc) is 2.74. The number of methoxy groups -OCH3 is 1. The zero-order valence-electron chi connectivity index (χ0n) is 15.2. The number of nitrogens with two attached hydrogens (primary N) is 1. The van der Waals surface area contributed by atoms with Gasteiger partial charge in [0.05, 0.1) is 18.4 Å². The van der Waals surface area contributed by atoms with Crippen molar-refractivity contribution in [3.63, 3.8) is 0 Å². The summed E-state index contributed by atoms with van der Waals surface area (Å²) in [5.74, 6) is -1.41. The van der Waals surface area contributed by atoms with Crippen LogP contribution < -0.4 is 15.8 Å². The van der Waals surface area contributed by atoms with Crippen LogP contribution >= 0.6 is 0 Å². The van der Waals surface area contributed by atoms with E-state index in [1.807, 2.05) is 0 Å². The first-order chi connectivity index (χ1) is 13.9. The van der Waals surface area contributed by atoms with Crippen LogP contribution in [0.15, 0.2) is 48.8 Å². The van der Waals surface area contributed by atoms with E-state index in [-0.39, 0.29) is 11.3 Å². The van der Waals surface area contributed by atoms with Gasteiger partial charge in [0, 0.05) is 41.0 Å². The van der Waals surface area contributed by atoms with Crippen molar-refractivity contribution >= 4 is 23.0 Å². The molecule has 9 heteroatoms. The van der Waals surface area contributed by atoms with Gasteiger partial charge in [-0.1, -0.05) is 0 Å². The Labute approximate surface area is 165 Å². The summed E-state index contributed by atoms with van der Waals surface area (Å²) < 4.78 is 19.2. The normalized spacial score (nSPS) is 10.1. The lowest BCUT2D eigenvalue weighted by Gasteiger charge is -2.12. The number of pyridine rings is 2. The smallest absolute Gasteiger partial charge is 0.258 e. The highest BCUT2D eigenvalue weighted by atomic mass is 19.1. The van der Waals surface area contributed by atoms with Gasteiger partial charge in [-0.15, -0.1) is 0 Å². The Kier molecular flexibility index (Phi) is 5.46. The van der Waals surface area contributed by atoms with Gasteiger partial charge in [-0.25, -0.2) is 14.4 Å². The van der Waals surface area contributed by atoms with Gasteiger partial charge in [0.15, 0.2) is 11.5 Å². The Hall–Kier alpha value is -4.32. The molecule has 2 heterocycles. The summed E-state index contributed by atoms with van der Waals surface area (Å²) in [4.78, 5) is 20.0. The lowest BCUT2D eigenvalue weighted by atomic mass is 10.0. The van der Waals surface area contributed by atoms with Gasteiger partial charge in [-0.2, -0.15) is 5.26 Å². The highest BCUT2D eigenvalue weighted by Gasteiger charge is 2.17. The molecule has 3 aromatic rings. The molecule has 2 aromatic heterocycles. The second-order valence-electron chi connectivity index (χ2n) is 5.85. The van der Waals surface area contributed by atoms with E-state index in [0.29, 0.717) is 28.4 Å². The molecule has 0 aliphatic heterocycles. The summed E-state index contributed by atoms with van der Waals surface area (Å²) in [5.41, 5.74) is 6.83. The number of halogens is 1. The number of carbonyl (C=O) groups excluding carboxylic acids is 1. The third kappa shape index (κ3) is 4.01. The van der Waals surface area contributed by atoms with Crippen LogP contribution in [0, 0.1) is 22.6 Å². The number of amides is 1. The van der Waals surface area contributed by atoms with Gasteiger partial charge in [0.25, 0.3) is 5.91 Å². The predicted molar refractivity (Wildman–Crippen MR) is 104 cm³/mol. The van der Waals surface area contributed by atoms with Crippen molar-refractivity contribution < 1.29 is 13.9 Å². The fraction of sp³-hybridized carbons (Fsp3) is 0.0500. The van der Waals surface area contributed by atoms with Crippen molar-refractivity contribution in [1.82, 2.24) is 9.97 Å². The Morgan fingerprint density at radius 1 is 1.21 bits per heavy atom. The standard InChI is InChI=1S/C20H15FN6O2/c1-29-17-8-11(4-6-26-17)19(24)14-9-12(2-3-15(14)23)27-20(28)13-5-7-25-16(10-22)18(13)21/h2-9,24H,23H2,1H3,(H,27,28). The number of aromatic nitrogens is 2. The van der Waals surface area contributed by atoms with Crippen molar-refractivity contribution in [2.24, 2.45) is 0 Å². The second kappa shape index (κ2) is 8.14. The fourth-order valence-electron chi connectivity index (χ4n) is 2.58. The molecule has 4 N–H and O–H groups in total. The van der Waals surface area contributed by atoms with E-state index in [1.165, 1.54) is 43.8 Å². The predicted octanol–water partition coefficient (Wildman–Crippen LogP) is 2.75. The maximum absolute atomic E-state index is 14.2. The minimum atomic E-state index is -1.00. The fourth-order valence-corrected chi connectivity index (χ4v) is 2.58. The van der Waals surface area contributed by atoms with Crippen LogP contribution in [0.1, 0.15) is 27.2 Å². The topological polar surface area (TPSA) is 138 Å². The number of nitrogen functional groups attached to an aromatic ring is 1. The molecule has 0 fully saturated rings. The monoisotopic (exact) mass is 390 g/mol. The van der Waals surface area contributed by atoms with Gasteiger partial charge in [-0.3, -0.25) is 10.2 Å². The molecule has 0 bridgehead atoms. The molecule has 1 amide bonds. The number of nitrogens with one attached hydrogen (secondary N) is 2. The lowest BCUT2D eigenvalue weighted by Crippen LogP contribution is -2.16. The first-order valence-corrected chi connectivity index (χ1v) is 8.29. The number of nitrogens with zero attached hydrogens (tertiary/aromatic N) is 3. The van der Waals surface area contributed by atoms with Crippen LogP contribution in [0.4, 0.5) is 15.8 Å². The molecule has 0 unspecified atom stereocenters. The summed E-state index contributed by atoms with van der Waals surface area (Å²) in [6, 6.07) is 10.5. The number of hydrogen-bond acceptors (Lipinski definition) is 7. The number of benzene rings is 1. The van der Waals surface area contributed by atoms with Gasteiger partial charge in [-0.05, 0) is 30.3 Å². The molecular formula is C20H15FN6O2. The molecule has 29 heavy (non-hydrogen) atoms. The van der Waals surface area contributed by atoms with Gasteiger partial charge in [0.2, 0.25) is 5.88 Å². The Morgan fingerprint density at radius 3 is 2.69 bits per heavy atom. The van der Waals surface area contributed by atoms with Crippen LogP contribution in [0.2, 0.25) is 0 Å². The SMILES string of the molecule is COc1cc(C(=N)c2cc(NC(=O)c3ccnc(C#N)c3F)ccc2N)ccn1. The number of hydrogen-bond donors (Lipinski definition) is 3. The van der Waals surface area contributed by atoms with Gasteiger partial charge >= 0.3 is 0 Å². The third-order valence-corrected chi connectivity index (χ3v) is 4.05. The maximum atomic E-state index is 14.2. The van der Waals surface area contributed by atoms with Crippen molar-refractivity contribution in [3.05, 3.63) is 77.0 Å². The molecular weight excluding hydrogens is 375 g/mol. The van der Waals surface area contributed by atoms with Crippen LogP contribution in [-0.2, 0) is 0 Å². The van der Waals surface area contributed by atoms with Crippen LogP contribution in [-0.4, -0.2) is 28.7 Å². The second-order valence-corrected chi connectivity index (χ2v) is 5.85. The van der Waals surface area contributed by atoms with Gasteiger partial charge < -0.3 is 15.8 Å². The molecule has 0 aliphatic carbocycles. The average molecular weight is 390 g/mol. The summed E-state index contributed by atoms with van der Waals surface area (Å²) in [6.45, 7) is 0. The van der Waals surface area contributed by atoms with Crippen molar-refractivity contribution in [3.8, 4) is 11.9 Å². The van der Waals surface area contributed by atoms with E-state index < -0.39 is 17.4 Å². The molecule has 0 saturated carbocycles. The summed E-state index contributed by atoms with van der Waals surface area (Å²) >= 11 is 0. The molecule has 0 atom stereocenters. The molecule has 1 aromatic carbocycles. The minimum Gasteiger partial charge on any atom is -0.481 e. The number of rotatable bonds is 5. The first-order valence-electron chi connectivity index (χ1n) is 8.29. The maximum Gasteiger partial charge on any atom is 0.258 e. The number of anilines is 2. The van der Waals surface area contributed by atoms with E-state index in [1.54, 1.807) is 18.2 Å². The molecule has 8 nitrogen and oxygen atoms in total. The van der Waals surface area contributed by atoms with E-state index >= 15 is 0 Å². The Morgan fingerprint density at radius 2 is 1.97 bits per heavy atom. The number of ether oxygens (including phenoxy) is 1. The summed E-state index contributed by atoms with van der Waals surface area (Å²) in [5, 5.41) is 19.8. The minimum absolute atomic E-state index is 0.0983. The number of nitriles is 1. The molecule has 144 valence electrons. The zero-order valence-corrected chi connectivity index (χ0v) is 15.2. The van der Waals surface area contributed by atoms with Crippen LogP contribution in [0.25, 0.3) is 0 Å². The van der Waals surface area contributed by atoms with Crippen LogP contribution in [0.3, 0.4) is 0 Å². The largest absolute Gasteiger partial charge is 0.481 e. The Bertz CT molecular complexity index is 1160. The third-order valence-electron chi connectivity index (χ3n) is 4.05.